The Kier molecular flexibility index (Phi) is 7.01. The molecule has 34 heavy (non-hydrogen) atoms. The molecule has 3 saturated heterocycles. The number of nitrogens with zero attached hydrogens (tertiary/aromatic N) is 3. The second-order valence-corrected chi connectivity index (χ2v) is 11.0. The molecule has 3 heterocycles. The van der Waals surface area contributed by atoms with E-state index >= 15 is 0 Å². The number of Topliss-reactive ketones (excluding diaryl/α,β-unsaturated/α-hetero) is 1. The molecule has 186 valence electrons. The molecule has 4 atom stereocenters. The van der Waals surface area contributed by atoms with E-state index in [0.29, 0.717) is 12.1 Å². The largest absolute Gasteiger partial charge is 0.369 e. The summed E-state index contributed by atoms with van der Waals surface area (Å²) in [4.78, 5) is 45.6. The molecular weight excluding hydrogens is 432 g/mol. The Hall–Kier alpha value is -2.45. The highest BCUT2D eigenvalue weighted by atomic mass is 16.5. The van der Waals surface area contributed by atoms with Crippen molar-refractivity contribution in [1.82, 2.24) is 15.1 Å². The average molecular weight is 471 g/mol. The van der Waals surface area contributed by atoms with Gasteiger partial charge in [-0.25, -0.2) is 0 Å². The van der Waals surface area contributed by atoms with Crippen LogP contribution in [0.25, 0.3) is 0 Å². The van der Waals surface area contributed by atoms with Gasteiger partial charge in [0, 0.05) is 49.9 Å². The van der Waals surface area contributed by atoms with Crippen LogP contribution < -0.4 is 10.2 Å². The molecule has 0 radical (unpaired) electrons. The van der Waals surface area contributed by atoms with Gasteiger partial charge in [0.2, 0.25) is 5.91 Å². The number of ether oxygens (including phenoxy) is 1. The molecule has 0 aliphatic carbocycles. The number of carbonyl (C=O) groups is 3. The van der Waals surface area contributed by atoms with E-state index in [1.54, 1.807) is 4.90 Å². The van der Waals surface area contributed by atoms with E-state index in [0.717, 1.165) is 38.3 Å². The molecule has 3 fully saturated rings. The van der Waals surface area contributed by atoms with Gasteiger partial charge in [-0.1, -0.05) is 27.7 Å². The minimum absolute atomic E-state index is 0.0484. The minimum atomic E-state index is -0.748. The van der Waals surface area contributed by atoms with Crippen LogP contribution in [0.4, 0.5) is 5.69 Å². The Balaban J connectivity index is 1.48. The van der Waals surface area contributed by atoms with Gasteiger partial charge in [0.05, 0.1) is 6.10 Å². The first kappa shape index (κ1) is 24.7. The van der Waals surface area contributed by atoms with Gasteiger partial charge < -0.3 is 24.8 Å². The lowest BCUT2D eigenvalue weighted by atomic mass is 9.85. The molecule has 1 aromatic rings. The number of nitrogens with one attached hydrogen (secondary N) is 1. The fourth-order valence-corrected chi connectivity index (χ4v) is 5.26. The summed E-state index contributed by atoms with van der Waals surface area (Å²) in [7, 11) is 2.12. The number of rotatable bonds is 5. The Bertz CT molecular complexity index is 918. The molecular formula is C26H38N4O4. The molecule has 1 aromatic carbocycles. The van der Waals surface area contributed by atoms with Crippen LogP contribution >= 0.6 is 0 Å². The lowest BCUT2D eigenvalue weighted by Gasteiger charge is -2.35. The van der Waals surface area contributed by atoms with E-state index < -0.39 is 17.5 Å². The monoisotopic (exact) mass is 470 g/mol. The number of likely N-dealkylation sites (N-methyl/N-ethyl adjacent to an activating group) is 1. The fraction of sp³-hybridized carbons (Fsp3) is 0.654. The summed E-state index contributed by atoms with van der Waals surface area (Å²) >= 11 is 0. The predicted octanol–water partition coefficient (Wildman–Crippen LogP) is 1.79. The minimum Gasteiger partial charge on any atom is -0.369 e. The van der Waals surface area contributed by atoms with Crippen molar-refractivity contribution in [2.75, 3.05) is 51.3 Å². The number of likely N-dealkylation sites (tertiary alicyclic amines) is 1. The van der Waals surface area contributed by atoms with Gasteiger partial charge in [-0.3, -0.25) is 14.4 Å². The summed E-state index contributed by atoms with van der Waals surface area (Å²) < 4.78 is 5.72. The number of carbonyl (C=O) groups excluding carboxylic acids is 3. The summed E-state index contributed by atoms with van der Waals surface area (Å²) in [6.45, 7) is 12.4. The molecule has 0 saturated carbocycles. The summed E-state index contributed by atoms with van der Waals surface area (Å²) in [6.07, 6.45) is 0.602. The van der Waals surface area contributed by atoms with Gasteiger partial charge in [-0.2, -0.15) is 0 Å². The lowest BCUT2D eigenvalue weighted by Crippen LogP contribution is -2.57. The van der Waals surface area contributed by atoms with Crippen molar-refractivity contribution in [2.24, 2.45) is 11.3 Å². The topological polar surface area (TPSA) is 82.2 Å². The molecule has 4 rings (SSSR count). The highest BCUT2D eigenvalue weighted by Gasteiger charge is 2.53. The standard InChI is InChI=1S/C26H38N4O4/c1-6-17-15-30(21-20(31)16-34-22(17)21)25(33)23(26(2,3)4)27-24(32)18-7-9-19(10-8-18)29-13-11-28(5)12-14-29/h7-10,17,21-23H,6,11-16H2,1-5H3,(H,27,32)/t17-,21-,22-,23?/m1/s1. The smallest absolute Gasteiger partial charge is 0.251 e. The summed E-state index contributed by atoms with van der Waals surface area (Å²) in [5, 5.41) is 2.98. The van der Waals surface area contributed by atoms with Crippen molar-refractivity contribution >= 4 is 23.3 Å². The van der Waals surface area contributed by atoms with Crippen molar-refractivity contribution in [1.29, 1.82) is 0 Å². The molecule has 1 N–H and O–H groups in total. The second-order valence-electron chi connectivity index (χ2n) is 11.0. The van der Waals surface area contributed by atoms with Crippen LogP contribution in [0.5, 0.6) is 0 Å². The van der Waals surface area contributed by atoms with Crippen molar-refractivity contribution in [3.05, 3.63) is 29.8 Å². The Morgan fingerprint density at radius 1 is 1.12 bits per heavy atom. The fourth-order valence-electron chi connectivity index (χ4n) is 5.26. The number of ketones is 1. The molecule has 0 bridgehead atoms. The molecule has 1 unspecified atom stereocenters. The maximum Gasteiger partial charge on any atom is 0.251 e. The van der Waals surface area contributed by atoms with Crippen LogP contribution in [0.1, 0.15) is 44.5 Å². The number of benzene rings is 1. The molecule has 3 aliphatic rings. The van der Waals surface area contributed by atoms with Crippen LogP contribution in [0, 0.1) is 11.3 Å². The van der Waals surface area contributed by atoms with Crippen LogP contribution in [-0.4, -0.2) is 92.0 Å². The van der Waals surface area contributed by atoms with E-state index in [1.807, 2.05) is 45.0 Å². The van der Waals surface area contributed by atoms with E-state index in [4.69, 9.17) is 4.74 Å². The molecule has 3 aliphatic heterocycles. The average Bonchev–Trinajstić information content (AvgIpc) is 3.37. The predicted molar refractivity (Wildman–Crippen MR) is 131 cm³/mol. The molecule has 0 spiro atoms. The maximum absolute atomic E-state index is 13.7. The van der Waals surface area contributed by atoms with Gasteiger partial charge in [0.15, 0.2) is 5.78 Å². The quantitative estimate of drug-likeness (QED) is 0.707. The molecule has 2 amide bonds. The van der Waals surface area contributed by atoms with E-state index in [9.17, 15) is 14.4 Å². The highest BCUT2D eigenvalue weighted by molar-refractivity contribution is 5.99. The number of anilines is 1. The number of amides is 2. The first-order valence-corrected chi connectivity index (χ1v) is 12.4. The van der Waals surface area contributed by atoms with Crippen molar-refractivity contribution < 1.29 is 19.1 Å². The Morgan fingerprint density at radius 3 is 2.35 bits per heavy atom. The van der Waals surface area contributed by atoms with Crippen molar-refractivity contribution in [3.8, 4) is 0 Å². The normalized spacial score (nSPS) is 26.5. The van der Waals surface area contributed by atoms with Gasteiger partial charge in [-0.15, -0.1) is 0 Å². The molecule has 8 heteroatoms. The molecule has 8 nitrogen and oxygen atoms in total. The maximum atomic E-state index is 13.7. The van der Waals surface area contributed by atoms with Gasteiger partial charge in [-0.05, 0) is 43.1 Å². The zero-order valence-corrected chi connectivity index (χ0v) is 21.0. The highest BCUT2D eigenvalue weighted by Crippen LogP contribution is 2.35. The number of piperazine rings is 1. The van der Waals surface area contributed by atoms with Crippen LogP contribution in [-0.2, 0) is 14.3 Å². The SMILES string of the molecule is CC[C@@H]1CN(C(=O)C(NC(=O)c2ccc(N3CCN(C)CC3)cc2)C(C)(C)C)[C@@H]2C(=O)CO[C@H]12. The summed E-state index contributed by atoms with van der Waals surface area (Å²) in [6, 6.07) is 6.30. The van der Waals surface area contributed by atoms with E-state index in [1.165, 1.54) is 0 Å². The van der Waals surface area contributed by atoms with Crippen LogP contribution in [0.2, 0.25) is 0 Å². The summed E-state index contributed by atoms with van der Waals surface area (Å²) in [5.41, 5.74) is 1.10. The van der Waals surface area contributed by atoms with Gasteiger partial charge >= 0.3 is 0 Å². The Morgan fingerprint density at radius 2 is 1.76 bits per heavy atom. The number of hydrogen-bond acceptors (Lipinski definition) is 6. The second kappa shape index (κ2) is 9.66. The van der Waals surface area contributed by atoms with Crippen LogP contribution in [0.15, 0.2) is 24.3 Å². The number of fused-ring (bicyclic) bond motifs is 1. The number of hydrogen-bond donors (Lipinski definition) is 1. The Labute approximate surface area is 202 Å². The van der Waals surface area contributed by atoms with Gasteiger partial charge in [0.1, 0.15) is 18.7 Å². The van der Waals surface area contributed by atoms with Gasteiger partial charge in [0.25, 0.3) is 5.91 Å². The summed E-state index contributed by atoms with van der Waals surface area (Å²) in [5.74, 6) is -0.402. The zero-order valence-electron chi connectivity index (χ0n) is 21.0. The van der Waals surface area contributed by atoms with E-state index in [-0.39, 0.29) is 36.2 Å². The first-order chi connectivity index (χ1) is 16.1. The third-order valence-electron chi connectivity index (χ3n) is 7.48. The van der Waals surface area contributed by atoms with Crippen molar-refractivity contribution in [3.63, 3.8) is 0 Å². The lowest BCUT2D eigenvalue weighted by molar-refractivity contribution is -0.140. The van der Waals surface area contributed by atoms with Crippen LogP contribution in [0.3, 0.4) is 0 Å². The zero-order chi connectivity index (χ0) is 24.6. The van der Waals surface area contributed by atoms with Crippen molar-refractivity contribution in [2.45, 2.75) is 52.3 Å². The third kappa shape index (κ3) is 4.84. The third-order valence-corrected chi connectivity index (χ3v) is 7.48. The molecule has 0 aromatic heterocycles. The van der Waals surface area contributed by atoms with E-state index in [2.05, 4.69) is 29.1 Å². The first-order valence-electron chi connectivity index (χ1n) is 12.4.